The summed E-state index contributed by atoms with van der Waals surface area (Å²) in [4.78, 5) is 15.2. The molecule has 0 amide bonds. The van der Waals surface area contributed by atoms with Crippen LogP contribution in [0.3, 0.4) is 0 Å². The first-order valence-electron chi connectivity index (χ1n) is 5.40. The van der Waals surface area contributed by atoms with Crippen molar-refractivity contribution < 1.29 is 9.13 Å². The summed E-state index contributed by atoms with van der Waals surface area (Å²) in [5.41, 5.74) is 5.90. The fourth-order valence-corrected chi connectivity index (χ4v) is 1.95. The number of hydrogen-bond acceptors (Lipinski definition) is 5. The van der Waals surface area contributed by atoms with E-state index in [0.29, 0.717) is 5.65 Å². The molecule has 20 heavy (non-hydrogen) atoms. The molecule has 3 rings (SSSR count). The summed E-state index contributed by atoms with van der Waals surface area (Å²) in [5, 5.41) is 6.03. The topological polar surface area (TPSA) is 98.3 Å². The highest BCUT2D eigenvalue weighted by Crippen LogP contribution is 2.31. The van der Waals surface area contributed by atoms with Crippen LogP contribution >= 0.6 is 15.9 Å². The average molecular weight is 340 g/mol. The lowest BCUT2D eigenvalue weighted by Gasteiger charge is -2.08. The molecule has 0 aliphatic carbocycles. The SMILES string of the molecule is Nc1cc(Br)c(F)cc1Oc1cc2n[nH]c(=O)n2cn1. The number of aromatic nitrogens is 4. The lowest BCUT2D eigenvalue weighted by atomic mass is 10.3. The maximum atomic E-state index is 13.5. The number of benzene rings is 1. The van der Waals surface area contributed by atoms with Crippen LogP contribution in [0.15, 0.2) is 33.8 Å². The van der Waals surface area contributed by atoms with Crippen molar-refractivity contribution in [2.75, 3.05) is 5.73 Å². The van der Waals surface area contributed by atoms with E-state index in [4.69, 9.17) is 10.5 Å². The van der Waals surface area contributed by atoms with E-state index in [1.807, 2.05) is 0 Å². The van der Waals surface area contributed by atoms with E-state index < -0.39 is 11.5 Å². The summed E-state index contributed by atoms with van der Waals surface area (Å²) in [6.45, 7) is 0. The Kier molecular flexibility index (Phi) is 2.90. The number of nitrogens with one attached hydrogen (secondary N) is 1. The Bertz CT molecular complexity index is 860. The van der Waals surface area contributed by atoms with Crippen molar-refractivity contribution in [2.45, 2.75) is 0 Å². The lowest BCUT2D eigenvalue weighted by molar-refractivity contribution is 0.459. The number of hydrogen-bond donors (Lipinski definition) is 2. The van der Waals surface area contributed by atoms with Gasteiger partial charge in [0, 0.05) is 12.1 Å². The normalized spacial score (nSPS) is 10.9. The quantitative estimate of drug-likeness (QED) is 0.692. The molecule has 1 aromatic carbocycles. The third-order valence-corrected chi connectivity index (χ3v) is 3.16. The molecule has 0 radical (unpaired) electrons. The molecule has 0 spiro atoms. The molecule has 0 fully saturated rings. The zero-order valence-electron chi connectivity index (χ0n) is 9.80. The van der Waals surface area contributed by atoms with Gasteiger partial charge in [-0.3, -0.25) is 0 Å². The standard InChI is InChI=1S/C11H7BrFN5O2/c12-5-1-7(14)8(2-6(5)13)20-10-3-9-16-17-11(19)18(9)4-15-10/h1-4H,14H2,(H,17,19). The van der Waals surface area contributed by atoms with Gasteiger partial charge in [0.25, 0.3) is 0 Å². The molecule has 7 nitrogen and oxygen atoms in total. The Hall–Kier alpha value is -2.42. The summed E-state index contributed by atoms with van der Waals surface area (Å²) in [7, 11) is 0. The molecule has 2 heterocycles. The molecule has 3 aromatic rings. The minimum absolute atomic E-state index is 0.125. The second-order valence-electron chi connectivity index (χ2n) is 3.89. The number of aromatic amines is 1. The number of anilines is 1. The summed E-state index contributed by atoms with van der Waals surface area (Å²) in [6, 6.07) is 3.96. The Morgan fingerprint density at radius 2 is 2.20 bits per heavy atom. The number of fused-ring (bicyclic) bond motifs is 1. The van der Waals surface area contributed by atoms with Crippen LogP contribution in [-0.2, 0) is 0 Å². The Morgan fingerprint density at radius 3 is 3.00 bits per heavy atom. The largest absolute Gasteiger partial charge is 0.437 e. The van der Waals surface area contributed by atoms with Gasteiger partial charge >= 0.3 is 5.69 Å². The van der Waals surface area contributed by atoms with Gasteiger partial charge in [0.1, 0.15) is 12.1 Å². The molecule has 9 heteroatoms. The van der Waals surface area contributed by atoms with Crippen LogP contribution in [0.25, 0.3) is 5.65 Å². The van der Waals surface area contributed by atoms with Gasteiger partial charge in [0.05, 0.1) is 10.2 Å². The Morgan fingerprint density at radius 1 is 1.40 bits per heavy atom. The first-order valence-corrected chi connectivity index (χ1v) is 6.19. The molecule has 3 N–H and O–H groups in total. The number of ether oxygens (including phenoxy) is 1. The molecule has 0 unspecified atom stereocenters. The van der Waals surface area contributed by atoms with Crippen LogP contribution in [0, 0.1) is 5.82 Å². The molecule has 0 saturated heterocycles. The zero-order valence-corrected chi connectivity index (χ0v) is 11.4. The molecular formula is C11H7BrFN5O2. The third-order valence-electron chi connectivity index (χ3n) is 2.55. The number of rotatable bonds is 2. The van der Waals surface area contributed by atoms with E-state index in [2.05, 4.69) is 31.1 Å². The van der Waals surface area contributed by atoms with Crippen LogP contribution < -0.4 is 16.2 Å². The summed E-state index contributed by atoms with van der Waals surface area (Å²) in [5.74, 6) is -0.239. The van der Waals surface area contributed by atoms with Crippen molar-refractivity contribution in [3.63, 3.8) is 0 Å². The van der Waals surface area contributed by atoms with Gasteiger partial charge in [-0.2, -0.15) is 5.10 Å². The van der Waals surface area contributed by atoms with E-state index >= 15 is 0 Å². The highest BCUT2D eigenvalue weighted by molar-refractivity contribution is 9.10. The maximum Gasteiger partial charge on any atom is 0.348 e. The van der Waals surface area contributed by atoms with Crippen molar-refractivity contribution in [2.24, 2.45) is 0 Å². The highest BCUT2D eigenvalue weighted by Gasteiger charge is 2.10. The third kappa shape index (κ3) is 2.11. The van der Waals surface area contributed by atoms with Crippen LogP contribution in [0.1, 0.15) is 0 Å². The van der Waals surface area contributed by atoms with E-state index in [0.717, 1.165) is 6.07 Å². The number of H-pyrrole nitrogens is 1. The average Bonchev–Trinajstić information content (AvgIpc) is 2.77. The van der Waals surface area contributed by atoms with Crippen LogP contribution in [0.2, 0.25) is 0 Å². The predicted molar refractivity (Wildman–Crippen MR) is 72.2 cm³/mol. The first kappa shape index (κ1) is 12.6. The van der Waals surface area contributed by atoms with E-state index in [-0.39, 0.29) is 21.8 Å². The van der Waals surface area contributed by atoms with Crippen LogP contribution in [0.4, 0.5) is 10.1 Å². The molecule has 102 valence electrons. The van der Waals surface area contributed by atoms with Gasteiger partial charge in [-0.1, -0.05) is 0 Å². The number of halogens is 2. The Balaban J connectivity index is 2.00. The summed E-state index contributed by atoms with van der Waals surface area (Å²) >= 11 is 3.02. The lowest BCUT2D eigenvalue weighted by Crippen LogP contribution is -2.09. The fourth-order valence-electron chi connectivity index (χ4n) is 1.59. The molecule has 0 saturated carbocycles. The maximum absolute atomic E-state index is 13.5. The van der Waals surface area contributed by atoms with E-state index in [1.54, 1.807) is 0 Å². The molecular weight excluding hydrogens is 333 g/mol. The molecule has 0 bridgehead atoms. The van der Waals surface area contributed by atoms with Gasteiger partial charge < -0.3 is 10.5 Å². The van der Waals surface area contributed by atoms with Crippen molar-refractivity contribution in [3.8, 4) is 11.6 Å². The van der Waals surface area contributed by atoms with Gasteiger partial charge in [0.15, 0.2) is 11.4 Å². The summed E-state index contributed by atoms with van der Waals surface area (Å²) < 4.78 is 20.3. The molecule has 0 atom stereocenters. The van der Waals surface area contributed by atoms with Gasteiger partial charge in [-0.25, -0.2) is 23.7 Å². The second-order valence-corrected chi connectivity index (χ2v) is 4.74. The molecule has 2 aromatic heterocycles. The van der Waals surface area contributed by atoms with Gasteiger partial charge in [-0.15, -0.1) is 0 Å². The van der Waals surface area contributed by atoms with E-state index in [1.165, 1.54) is 22.9 Å². The van der Waals surface area contributed by atoms with Crippen molar-refractivity contribution in [1.29, 1.82) is 0 Å². The van der Waals surface area contributed by atoms with E-state index in [9.17, 15) is 9.18 Å². The van der Waals surface area contributed by atoms with Gasteiger partial charge in [0.2, 0.25) is 5.88 Å². The minimum Gasteiger partial charge on any atom is -0.437 e. The van der Waals surface area contributed by atoms with Gasteiger partial charge in [-0.05, 0) is 22.0 Å². The van der Waals surface area contributed by atoms with Crippen molar-refractivity contribution >= 4 is 27.3 Å². The Labute approximate surface area is 119 Å². The minimum atomic E-state index is -0.508. The number of nitrogens with two attached hydrogens (primary N) is 1. The summed E-state index contributed by atoms with van der Waals surface area (Å²) in [6.07, 6.45) is 1.25. The molecule has 0 aliphatic rings. The van der Waals surface area contributed by atoms with Crippen molar-refractivity contribution in [1.82, 2.24) is 19.6 Å². The van der Waals surface area contributed by atoms with Crippen LogP contribution in [-0.4, -0.2) is 19.6 Å². The monoisotopic (exact) mass is 339 g/mol. The second kappa shape index (κ2) is 4.60. The number of nitrogen functional groups attached to an aromatic ring is 1. The predicted octanol–water partition coefficient (Wildman–Crippen LogP) is 1.69. The smallest absolute Gasteiger partial charge is 0.348 e. The highest BCUT2D eigenvalue weighted by atomic mass is 79.9. The number of nitrogens with zero attached hydrogens (tertiary/aromatic N) is 3. The van der Waals surface area contributed by atoms with Crippen molar-refractivity contribution in [3.05, 3.63) is 45.3 Å². The first-order chi connectivity index (χ1) is 9.54. The van der Waals surface area contributed by atoms with Crippen LogP contribution in [0.5, 0.6) is 11.6 Å². The fraction of sp³-hybridized carbons (Fsp3) is 0. The molecule has 0 aliphatic heterocycles. The zero-order chi connectivity index (χ0) is 14.3.